The molecule has 2 heterocycles. The fourth-order valence-corrected chi connectivity index (χ4v) is 3.20. The van der Waals surface area contributed by atoms with Gasteiger partial charge in [0.1, 0.15) is 23.1 Å². The number of phenolic OH excluding ortho intramolecular Hbond substituents is 1. The molecular weight excluding hydrogens is 359 g/mol. The number of hydrogen-bond acceptors (Lipinski definition) is 3. The van der Waals surface area contributed by atoms with E-state index in [0.717, 1.165) is 10.9 Å². The highest BCUT2D eigenvalue weighted by Crippen LogP contribution is 2.31. The van der Waals surface area contributed by atoms with Crippen molar-refractivity contribution in [3.63, 3.8) is 0 Å². The topological polar surface area (TPSA) is 82.9 Å². The molecule has 0 saturated heterocycles. The first kappa shape index (κ1) is 17.8. The fourth-order valence-electron chi connectivity index (χ4n) is 3.20. The third kappa shape index (κ3) is 3.22. The molecule has 0 aliphatic carbocycles. The molecule has 1 amide bonds. The van der Waals surface area contributed by atoms with Crippen molar-refractivity contribution in [2.24, 2.45) is 7.05 Å². The number of hydrogen-bond donors (Lipinski definition) is 3. The molecule has 28 heavy (non-hydrogen) atoms. The minimum Gasteiger partial charge on any atom is -0.508 e. The van der Waals surface area contributed by atoms with Crippen LogP contribution in [-0.2, 0) is 7.05 Å². The number of aromatic nitrogens is 3. The lowest BCUT2D eigenvalue weighted by molar-refractivity contribution is 0.0937. The zero-order valence-electron chi connectivity index (χ0n) is 15.4. The third-order valence-corrected chi connectivity index (χ3v) is 4.78. The second-order valence-corrected chi connectivity index (χ2v) is 6.71. The van der Waals surface area contributed by atoms with E-state index in [9.17, 15) is 14.3 Å². The molecule has 2 aromatic carbocycles. The molecule has 0 aliphatic heterocycles. The molecule has 0 spiro atoms. The fraction of sp³-hybridized carbons (Fsp3) is 0.143. The van der Waals surface area contributed by atoms with Gasteiger partial charge >= 0.3 is 0 Å². The number of nitrogens with one attached hydrogen (secondary N) is 2. The van der Waals surface area contributed by atoms with Crippen LogP contribution in [0.3, 0.4) is 0 Å². The third-order valence-electron chi connectivity index (χ3n) is 4.78. The average Bonchev–Trinajstić information content (AvgIpc) is 3.25. The summed E-state index contributed by atoms with van der Waals surface area (Å²) in [5.74, 6) is -0.337. The number of carbonyl (C=O) groups excluding carboxylic acids is 1. The Morgan fingerprint density at radius 3 is 2.75 bits per heavy atom. The van der Waals surface area contributed by atoms with Crippen molar-refractivity contribution < 1.29 is 14.3 Å². The first-order valence-corrected chi connectivity index (χ1v) is 8.79. The van der Waals surface area contributed by atoms with Crippen molar-refractivity contribution in [1.82, 2.24) is 19.9 Å². The number of H-pyrrole nitrogens is 1. The van der Waals surface area contributed by atoms with Crippen LogP contribution in [0.2, 0.25) is 0 Å². The van der Waals surface area contributed by atoms with Crippen molar-refractivity contribution in [1.29, 1.82) is 0 Å². The Balaban J connectivity index is 1.78. The number of carbonyl (C=O) groups is 1. The summed E-state index contributed by atoms with van der Waals surface area (Å²) in [6.45, 7) is 1.80. The monoisotopic (exact) mass is 378 g/mol. The van der Waals surface area contributed by atoms with Crippen LogP contribution in [0.15, 0.2) is 54.7 Å². The maximum atomic E-state index is 13.9. The molecule has 1 atom stereocenters. The maximum Gasteiger partial charge on any atom is 0.272 e. The summed E-state index contributed by atoms with van der Waals surface area (Å²) >= 11 is 0. The van der Waals surface area contributed by atoms with Gasteiger partial charge in [-0.1, -0.05) is 18.2 Å². The summed E-state index contributed by atoms with van der Waals surface area (Å²) < 4.78 is 15.6. The summed E-state index contributed by atoms with van der Waals surface area (Å²) in [4.78, 5) is 20.3. The zero-order chi connectivity index (χ0) is 19.8. The van der Waals surface area contributed by atoms with E-state index in [-0.39, 0.29) is 17.0 Å². The molecule has 4 rings (SSSR count). The molecule has 0 bridgehead atoms. The highest BCUT2D eigenvalue weighted by Gasteiger charge is 2.24. The Labute approximate surface area is 160 Å². The van der Waals surface area contributed by atoms with Crippen molar-refractivity contribution in [3.8, 4) is 5.75 Å². The van der Waals surface area contributed by atoms with E-state index in [1.807, 2.05) is 30.3 Å². The molecule has 0 fully saturated rings. The van der Waals surface area contributed by atoms with Crippen molar-refractivity contribution in [2.75, 3.05) is 0 Å². The first-order chi connectivity index (χ1) is 13.4. The molecule has 142 valence electrons. The van der Waals surface area contributed by atoms with Crippen LogP contribution in [-0.4, -0.2) is 25.5 Å². The number of halogens is 1. The summed E-state index contributed by atoms with van der Waals surface area (Å²) in [6.07, 6.45) is 1.62. The van der Waals surface area contributed by atoms with Gasteiger partial charge < -0.3 is 20.0 Å². The molecule has 1 unspecified atom stereocenters. The Kier molecular flexibility index (Phi) is 4.35. The number of amides is 1. The van der Waals surface area contributed by atoms with E-state index < -0.39 is 17.8 Å². The summed E-state index contributed by atoms with van der Waals surface area (Å²) in [6, 6.07) is 12.4. The Morgan fingerprint density at radius 1 is 1.25 bits per heavy atom. The molecule has 7 heteroatoms. The normalized spacial score (nSPS) is 12.2. The van der Waals surface area contributed by atoms with E-state index in [2.05, 4.69) is 15.3 Å². The minimum absolute atomic E-state index is 0.109. The predicted octanol–water partition coefficient (Wildman–Crippen LogP) is 3.57. The molecule has 2 aromatic heterocycles. The van der Waals surface area contributed by atoms with Gasteiger partial charge in [0, 0.05) is 30.0 Å². The molecule has 3 N–H and O–H groups in total. The van der Waals surface area contributed by atoms with Gasteiger partial charge in [0.15, 0.2) is 0 Å². The number of imidazole rings is 1. The number of nitrogens with zero attached hydrogens (tertiary/aromatic N) is 2. The Morgan fingerprint density at radius 2 is 2.04 bits per heavy atom. The van der Waals surface area contributed by atoms with Gasteiger partial charge in [0.25, 0.3) is 5.91 Å². The molecular formula is C21H19FN4O2. The molecule has 0 radical (unpaired) electrons. The van der Waals surface area contributed by atoms with Gasteiger partial charge in [-0.2, -0.15) is 0 Å². The van der Waals surface area contributed by atoms with E-state index in [1.54, 1.807) is 24.7 Å². The number of benzene rings is 2. The lowest BCUT2D eigenvalue weighted by Gasteiger charge is -2.19. The van der Waals surface area contributed by atoms with Crippen molar-refractivity contribution in [3.05, 3.63) is 83.3 Å². The first-order valence-electron chi connectivity index (χ1n) is 8.79. The van der Waals surface area contributed by atoms with Crippen LogP contribution in [0.4, 0.5) is 4.39 Å². The van der Waals surface area contributed by atoms with Crippen LogP contribution < -0.4 is 5.32 Å². The second-order valence-electron chi connectivity index (χ2n) is 6.71. The van der Waals surface area contributed by atoms with E-state index in [4.69, 9.17) is 0 Å². The van der Waals surface area contributed by atoms with Crippen LogP contribution in [0.5, 0.6) is 5.75 Å². The number of aromatic hydroxyl groups is 1. The van der Waals surface area contributed by atoms with E-state index in [0.29, 0.717) is 11.5 Å². The standard InChI is InChI=1S/C21H19FN4O2/c1-12-23-18(11-26(12)2)21(28)25-20(15-10-14(22)7-8-19(15)27)17-9-13-5-3-4-6-16(13)24-17/h3-11,20,24,27H,1-2H3,(H,25,28). The molecule has 6 nitrogen and oxygen atoms in total. The molecule has 0 saturated carbocycles. The molecule has 4 aromatic rings. The van der Waals surface area contributed by atoms with Gasteiger partial charge in [0.05, 0.1) is 6.04 Å². The second kappa shape index (κ2) is 6.84. The average molecular weight is 378 g/mol. The smallest absolute Gasteiger partial charge is 0.272 e. The highest BCUT2D eigenvalue weighted by atomic mass is 19.1. The molecule has 0 aliphatic rings. The number of aryl methyl sites for hydroxylation is 2. The predicted molar refractivity (Wildman–Crippen MR) is 104 cm³/mol. The largest absolute Gasteiger partial charge is 0.508 e. The van der Waals surface area contributed by atoms with Crippen molar-refractivity contribution >= 4 is 16.8 Å². The van der Waals surface area contributed by atoms with Gasteiger partial charge in [-0.05, 0) is 42.6 Å². The van der Waals surface area contributed by atoms with Gasteiger partial charge in [-0.25, -0.2) is 9.37 Å². The maximum absolute atomic E-state index is 13.9. The van der Waals surface area contributed by atoms with Crippen LogP contribution >= 0.6 is 0 Å². The van der Waals surface area contributed by atoms with Gasteiger partial charge in [-0.3, -0.25) is 4.79 Å². The van der Waals surface area contributed by atoms with Crippen LogP contribution in [0, 0.1) is 12.7 Å². The number of fused-ring (bicyclic) bond motifs is 1. The van der Waals surface area contributed by atoms with E-state index >= 15 is 0 Å². The van der Waals surface area contributed by atoms with Crippen molar-refractivity contribution in [2.45, 2.75) is 13.0 Å². The lowest BCUT2D eigenvalue weighted by Crippen LogP contribution is -2.30. The Bertz CT molecular complexity index is 1130. The summed E-state index contributed by atoms with van der Waals surface area (Å²) in [5.41, 5.74) is 2.01. The number of phenols is 1. The summed E-state index contributed by atoms with van der Waals surface area (Å²) in [7, 11) is 1.80. The summed E-state index contributed by atoms with van der Waals surface area (Å²) in [5, 5.41) is 14.1. The van der Waals surface area contributed by atoms with Crippen LogP contribution in [0.25, 0.3) is 10.9 Å². The number of para-hydroxylation sites is 1. The quantitative estimate of drug-likeness (QED) is 0.508. The highest BCUT2D eigenvalue weighted by molar-refractivity contribution is 5.93. The Hall–Kier alpha value is -3.61. The van der Waals surface area contributed by atoms with Gasteiger partial charge in [-0.15, -0.1) is 0 Å². The SMILES string of the molecule is Cc1nc(C(=O)NC(c2cc3ccccc3[nH]2)c2cc(F)ccc2O)cn1C. The number of rotatable bonds is 4. The number of aromatic amines is 1. The van der Waals surface area contributed by atoms with Crippen LogP contribution in [0.1, 0.15) is 33.6 Å². The van der Waals surface area contributed by atoms with Gasteiger partial charge in [0.2, 0.25) is 0 Å². The van der Waals surface area contributed by atoms with E-state index in [1.165, 1.54) is 18.2 Å². The minimum atomic E-state index is -0.780. The lowest BCUT2D eigenvalue weighted by atomic mass is 10.0. The zero-order valence-corrected chi connectivity index (χ0v) is 15.4.